The number of amides is 1. The summed E-state index contributed by atoms with van der Waals surface area (Å²) in [5.41, 5.74) is 4.11. The molecule has 4 heterocycles. The summed E-state index contributed by atoms with van der Waals surface area (Å²) >= 11 is 0. The zero-order valence-corrected chi connectivity index (χ0v) is 16.1. The second kappa shape index (κ2) is 7.20. The Hall–Kier alpha value is -2.41. The van der Waals surface area contributed by atoms with Gasteiger partial charge < -0.3 is 14.8 Å². The van der Waals surface area contributed by atoms with E-state index in [1.807, 2.05) is 10.6 Å². The zero-order valence-electron chi connectivity index (χ0n) is 16.1. The van der Waals surface area contributed by atoms with E-state index in [0.717, 1.165) is 63.1 Å². The molecule has 5 rings (SSSR count). The summed E-state index contributed by atoms with van der Waals surface area (Å²) in [5.74, 6) is 0.865. The molecule has 3 aliphatic rings. The number of aryl methyl sites for hydroxylation is 1. The molecular formula is C21H27N5O2. The number of carbonyl (C=O) groups excluding carboxylic acids is 1. The van der Waals surface area contributed by atoms with Crippen LogP contribution in [0.4, 0.5) is 0 Å². The van der Waals surface area contributed by atoms with Crippen molar-refractivity contribution in [3.63, 3.8) is 0 Å². The topological polar surface area (TPSA) is 83.0 Å². The van der Waals surface area contributed by atoms with Crippen LogP contribution in [0.15, 0.2) is 23.0 Å². The van der Waals surface area contributed by atoms with Crippen molar-refractivity contribution >= 4 is 5.91 Å². The number of piperidine rings is 1. The third-order valence-electron chi connectivity index (χ3n) is 6.54. The Labute approximate surface area is 164 Å². The molecule has 2 atom stereocenters. The molecule has 0 radical (unpaired) electrons. The number of aromatic nitrogens is 3. The van der Waals surface area contributed by atoms with Crippen molar-refractivity contribution in [2.45, 2.75) is 44.6 Å². The third-order valence-corrected chi connectivity index (χ3v) is 6.54. The molecule has 1 saturated heterocycles. The van der Waals surface area contributed by atoms with Crippen molar-refractivity contribution in [2.75, 3.05) is 26.2 Å². The van der Waals surface area contributed by atoms with E-state index in [-0.39, 0.29) is 11.5 Å². The van der Waals surface area contributed by atoms with Crippen LogP contribution < -0.4 is 10.9 Å². The molecule has 2 bridgehead atoms. The summed E-state index contributed by atoms with van der Waals surface area (Å²) in [4.78, 5) is 27.1. The average Bonchev–Trinajstić information content (AvgIpc) is 3.13. The molecule has 28 heavy (non-hydrogen) atoms. The van der Waals surface area contributed by atoms with Crippen LogP contribution in [0.1, 0.15) is 52.6 Å². The van der Waals surface area contributed by atoms with Gasteiger partial charge in [-0.2, -0.15) is 5.10 Å². The number of nitrogens with one attached hydrogen (secondary N) is 2. The Morgan fingerprint density at radius 1 is 1.21 bits per heavy atom. The van der Waals surface area contributed by atoms with Gasteiger partial charge in [-0.25, -0.2) is 0 Å². The van der Waals surface area contributed by atoms with Crippen molar-refractivity contribution in [3.8, 4) is 0 Å². The highest BCUT2D eigenvalue weighted by atomic mass is 16.2. The van der Waals surface area contributed by atoms with Crippen molar-refractivity contribution in [1.82, 2.24) is 25.0 Å². The molecule has 148 valence electrons. The zero-order chi connectivity index (χ0) is 19.1. The van der Waals surface area contributed by atoms with Crippen molar-refractivity contribution in [3.05, 3.63) is 51.2 Å². The molecule has 1 fully saturated rings. The molecule has 2 aliphatic heterocycles. The quantitative estimate of drug-likeness (QED) is 0.836. The van der Waals surface area contributed by atoms with Gasteiger partial charge in [-0.05, 0) is 44.1 Å². The lowest BCUT2D eigenvalue weighted by molar-refractivity contribution is 0.0922. The Morgan fingerprint density at radius 3 is 3.04 bits per heavy atom. The summed E-state index contributed by atoms with van der Waals surface area (Å²) < 4.78 is 1.96. The van der Waals surface area contributed by atoms with E-state index in [4.69, 9.17) is 0 Å². The lowest BCUT2D eigenvalue weighted by Gasteiger charge is -2.42. The van der Waals surface area contributed by atoms with Gasteiger partial charge in [-0.1, -0.05) is 6.07 Å². The van der Waals surface area contributed by atoms with E-state index in [2.05, 4.69) is 26.5 Å². The van der Waals surface area contributed by atoms with Gasteiger partial charge in [0.2, 0.25) is 0 Å². The van der Waals surface area contributed by atoms with Gasteiger partial charge in [0.1, 0.15) is 0 Å². The van der Waals surface area contributed by atoms with Gasteiger partial charge in [-0.3, -0.25) is 14.7 Å². The maximum Gasteiger partial charge on any atom is 0.272 e. The predicted molar refractivity (Wildman–Crippen MR) is 106 cm³/mol. The number of fused-ring (bicyclic) bond motifs is 5. The lowest BCUT2D eigenvalue weighted by atomic mass is 9.83. The number of hydrogen-bond donors (Lipinski definition) is 2. The first-order chi connectivity index (χ1) is 13.7. The SMILES string of the molecule is O=C(NCCN1CC2CC(C1)c1cccc(=O)n1C2)c1n[nH]c2c1CCCC2. The molecule has 2 aromatic rings. The predicted octanol–water partition coefficient (Wildman–Crippen LogP) is 1.30. The Balaban J connectivity index is 1.19. The number of rotatable bonds is 4. The Bertz CT molecular complexity index is 947. The fourth-order valence-electron chi connectivity index (χ4n) is 5.26. The summed E-state index contributed by atoms with van der Waals surface area (Å²) in [6, 6.07) is 5.62. The first-order valence-electron chi connectivity index (χ1n) is 10.5. The number of carbonyl (C=O) groups is 1. The van der Waals surface area contributed by atoms with Gasteiger partial charge >= 0.3 is 0 Å². The van der Waals surface area contributed by atoms with E-state index in [0.29, 0.717) is 24.1 Å². The molecular weight excluding hydrogens is 354 g/mol. The highest BCUT2D eigenvalue weighted by Crippen LogP contribution is 2.34. The molecule has 2 N–H and O–H groups in total. The smallest absolute Gasteiger partial charge is 0.272 e. The normalized spacial score (nSPS) is 23.7. The average molecular weight is 381 g/mol. The second-order valence-electron chi connectivity index (χ2n) is 8.45. The Kier molecular flexibility index (Phi) is 4.55. The van der Waals surface area contributed by atoms with Gasteiger partial charge in [0, 0.05) is 61.7 Å². The van der Waals surface area contributed by atoms with Crippen LogP contribution in [0.3, 0.4) is 0 Å². The van der Waals surface area contributed by atoms with E-state index in [9.17, 15) is 9.59 Å². The first kappa shape index (κ1) is 17.7. The van der Waals surface area contributed by atoms with Crippen LogP contribution >= 0.6 is 0 Å². The van der Waals surface area contributed by atoms with Gasteiger partial charge in [0.15, 0.2) is 5.69 Å². The lowest BCUT2D eigenvalue weighted by Crippen LogP contribution is -2.48. The summed E-state index contributed by atoms with van der Waals surface area (Å²) in [6.45, 7) is 4.22. The number of likely N-dealkylation sites (tertiary alicyclic amines) is 1. The van der Waals surface area contributed by atoms with Crippen molar-refractivity contribution < 1.29 is 4.79 Å². The van der Waals surface area contributed by atoms with E-state index in [1.165, 1.54) is 12.1 Å². The molecule has 2 unspecified atom stereocenters. The maximum absolute atomic E-state index is 12.6. The maximum atomic E-state index is 12.6. The number of aromatic amines is 1. The number of pyridine rings is 1. The van der Waals surface area contributed by atoms with Crippen molar-refractivity contribution in [1.29, 1.82) is 0 Å². The van der Waals surface area contributed by atoms with Gasteiger partial charge in [0.25, 0.3) is 11.5 Å². The molecule has 0 saturated carbocycles. The van der Waals surface area contributed by atoms with Crippen LogP contribution in [-0.4, -0.2) is 51.8 Å². The highest BCUT2D eigenvalue weighted by Gasteiger charge is 2.34. The molecule has 7 nitrogen and oxygen atoms in total. The minimum atomic E-state index is -0.0616. The number of hydrogen-bond acceptors (Lipinski definition) is 4. The minimum Gasteiger partial charge on any atom is -0.349 e. The highest BCUT2D eigenvalue weighted by molar-refractivity contribution is 5.94. The summed E-state index contributed by atoms with van der Waals surface area (Å²) in [5, 5.41) is 10.4. The molecule has 2 aromatic heterocycles. The second-order valence-corrected chi connectivity index (χ2v) is 8.45. The van der Waals surface area contributed by atoms with E-state index in [1.54, 1.807) is 6.07 Å². The minimum absolute atomic E-state index is 0.0616. The third kappa shape index (κ3) is 3.17. The molecule has 7 heteroatoms. The van der Waals surface area contributed by atoms with E-state index < -0.39 is 0 Å². The van der Waals surface area contributed by atoms with Gasteiger partial charge in [-0.15, -0.1) is 0 Å². The van der Waals surface area contributed by atoms with Crippen LogP contribution in [0.2, 0.25) is 0 Å². The van der Waals surface area contributed by atoms with Crippen LogP contribution in [0.25, 0.3) is 0 Å². The number of nitrogens with zero attached hydrogens (tertiary/aromatic N) is 3. The fraction of sp³-hybridized carbons (Fsp3) is 0.571. The molecule has 0 spiro atoms. The molecule has 1 amide bonds. The van der Waals surface area contributed by atoms with Crippen molar-refractivity contribution in [2.24, 2.45) is 5.92 Å². The van der Waals surface area contributed by atoms with Gasteiger partial charge in [0.05, 0.1) is 0 Å². The molecule has 1 aliphatic carbocycles. The van der Waals surface area contributed by atoms with Crippen LogP contribution in [-0.2, 0) is 19.4 Å². The standard InChI is InChI=1S/C21H27N5O2/c27-19-7-3-6-18-15-10-14(12-26(18)19)11-25(13-15)9-8-22-21(28)20-16-4-1-2-5-17(16)23-24-20/h3,6-7,14-15H,1-2,4-5,8-13H2,(H,22,28)(H,23,24). The first-order valence-corrected chi connectivity index (χ1v) is 10.5. The Morgan fingerprint density at radius 2 is 2.11 bits per heavy atom. The van der Waals surface area contributed by atoms with Crippen LogP contribution in [0.5, 0.6) is 0 Å². The number of H-pyrrole nitrogens is 1. The largest absolute Gasteiger partial charge is 0.349 e. The fourth-order valence-corrected chi connectivity index (χ4v) is 5.26. The van der Waals surface area contributed by atoms with Crippen LogP contribution in [0, 0.1) is 5.92 Å². The molecule has 0 aromatic carbocycles. The summed E-state index contributed by atoms with van der Waals surface area (Å²) in [7, 11) is 0. The summed E-state index contributed by atoms with van der Waals surface area (Å²) in [6.07, 6.45) is 5.40. The monoisotopic (exact) mass is 381 g/mol. The van der Waals surface area contributed by atoms with E-state index >= 15 is 0 Å².